The van der Waals surface area contributed by atoms with Crippen LogP contribution >= 0.6 is 0 Å². The van der Waals surface area contributed by atoms with Crippen LogP contribution in [0.15, 0.2) is 54.6 Å². The Morgan fingerprint density at radius 1 is 1.12 bits per heavy atom. The standard InChI is InChI=1S/C20H21N3O3/c1-3-20(15-9-5-4-6-10-15)18(25)23(19(26)22-20)13-17(24)21-16-11-7-8-14(2)12-16/h4-12H,3,13H2,1-2H3,(H,21,24)(H,22,26)/t20-/m1/s1. The molecule has 6 heteroatoms. The number of carbonyl (C=O) groups excluding carboxylic acids is 3. The van der Waals surface area contributed by atoms with E-state index in [-0.39, 0.29) is 6.54 Å². The predicted octanol–water partition coefficient (Wildman–Crippen LogP) is 2.79. The van der Waals surface area contributed by atoms with E-state index in [4.69, 9.17) is 0 Å². The molecule has 134 valence electrons. The van der Waals surface area contributed by atoms with Gasteiger partial charge in [0.2, 0.25) is 5.91 Å². The number of urea groups is 1. The third kappa shape index (κ3) is 3.18. The van der Waals surface area contributed by atoms with Crippen LogP contribution in [0.4, 0.5) is 10.5 Å². The smallest absolute Gasteiger partial charge is 0.325 e. The molecular formula is C20H21N3O3. The average molecular weight is 351 g/mol. The number of hydrogen-bond donors (Lipinski definition) is 2. The van der Waals surface area contributed by atoms with Crippen LogP contribution in [0.5, 0.6) is 0 Å². The zero-order valence-corrected chi connectivity index (χ0v) is 14.8. The van der Waals surface area contributed by atoms with E-state index in [2.05, 4.69) is 10.6 Å². The normalized spacial score (nSPS) is 19.4. The van der Waals surface area contributed by atoms with Gasteiger partial charge >= 0.3 is 6.03 Å². The van der Waals surface area contributed by atoms with E-state index in [0.29, 0.717) is 17.7 Å². The van der Waals surface area contributed by atoms with Crippen LogP contribution in [0.25, 0.3) is 0 Å². The summed E-state index contributed by atoms with van der Waals surface area (Å²) in [5, 5.41) is 5.49. The number of imide groups is 1. The van der Waals surface area contributed by atoms with Crippen molar-refractivity contribution >= 4 is 23.5 Å². The summed E-state index contributed by atoms with van der Waals surface area (Å²) in [6.45, 7) is 3.43. The lowest BCUT2D eigenvalue weighted by molar-refractivity contribution is -0.134. The number of nitrogens with zero attached hydrogens (tertiary/aromatic N) is 1. The molecule has 3 rings (SSSR count). The van der Waals surface area contributed by atoms with Crippen LogP contribution < -0.4 is 10.6 Å². The van der Waals surface area contributed by atoms with Gasteiger partial charge in [-0.3, -0.25) is 14.5 Å². The predicted molar refractivity (Wildman–Crippen MR) is 98.5 cm³/mol. The summed E-state index contributed by atoms with van der Waals surface area (Å²) >= 11 is 0. The van der Waals surface area contributed by atoms with E-state index in [0.717, 1.165) is 10.5 Å². The van der Waals surface area contributed by atoms with Crippen molar-refractivity contribution in [3.63, 3.8) is 0 Å². The minimum absolute atomic E-state index is 0.326. The quantitative estimate of drug-likeness (QED) is 0.813. The fraction of sp³-hybridized carbons (Fsp3) is 0.250. The topological polar surface area (TPSA) is 78.5 Å². The minimum Gasteiger partial charge on any atom is -0.325 e. The summed E-state index contributed by atoms with van der Waals surface area (Å²) in [7, 11) is 0. The molecular weight excluding hydrogens is 330 g/mol. The number of aryl methyl sites for hydroxylation is 1. The Morgan fingerprint density at radius 2 is 1.85 bits per heavy atom. The van der Waals surface area contributed by atoms with Crippen molar-refractivity contribution in [1.29, 1.82) is 0 Å². The van der Waals surface area contributed by atoms with Gasteiger partial charge in [0.05, 0.1) is 0 Å². The van der Waals surface area contributed by atoms with Crippen LogP contribution in [0.1, 0.15) is 24.5 Å². The molecule has 0 spiro atoms. The van der Waals surface area contributed by atoms with E-state index in [1.807, 2.05) is 50.2 Å². The van der Waals surface area contributed by atoms with E-state index < -0.39 is 23.4 Å². The number of hydrogen-bond acceptors (Lipinski definition) is 3. The van der Waals surface area contributed by atoms with E-state index >= 15 is 0 Å². The van der Waals surface area contributed by atoms with Gasteiger partial charge in [0.1, 0.15) is 12.1 Å². The first-order valence-electron chi connectivity index (χ1n) is 8.52. The molecule has 0 saturated carbocycles. The second kappa shape index (κ2) is 7.00. The Labute approximate surface area is 152 Å². The summed E-state index contributed by atoms with van der Waals surface area (Å²) in [4.78, 5) is 38.7. The fourth-order valence-corrected chi connectivity index (χ4v) is 3.20. The Bertz CT molecular complexity index is 850. The molecule has 2 N–H and O–H groups in total. The first kappa shape index (κ1) is 17.7. The van der Waals surface area contributed by atoms with E-state index in [1.54, 1.807) is 18.2 Å². The van der Waals surface area contributed by atoms with Crippen molar-refractivity contribution in [2.45, 2.75) is 25.8 Å². The Morgan fingerprint density at radius 3 is 2.50 bits per heavy atom. The van der Waals surface area contributed by atoms with Crippen molar-refractivity contribution in [3.05, 3.63) is 65.7 Å². The second-order valence-electron chi connectivity index (χ2n) is 6.36. The molecule has 2 aromatic rings. The lowest BCUT2D eigenvalue weighted by Crippen LogP contribution is -2.44. The van der Waals surface area contributed by atoms with Gasteiger partial charge in [-0.25, -0.2) is 4.79 Å². The van der Waals surface area contributed by atoms with E-state index in [1.165, 1.54) is 0 Å². The second-order valence-corrected chi connectivity index (χ2v) is 6.36. The molecule has 26 heavy (non-hydrogen) atoms. The molecule has 2 aromatic carbocycles. The third-order valence-electron chi connectivity index (χ3n) is 4.58. The average Bonchev–Trinajstić information content (AvgIpc) is 2.87. The van der Waals surface area contributed by atoms with Crippen LogP contribution in [-0.4, -0.2) is 29.3 Å². The van der Waals surface area contributed by atoms with Crippen molar-refractivity contribution in [3.8, 4) is 0 Å². The first-order chi connectivity index (χ1) is 12.5. The number of amides is 4. The summed E-state index contributed by atoms with van der Waals surface area (Å²) < 4.78 is 0. The van der Waals surface area contributed by atoms with E-state index in [9.17, 15) is 14.4 Å². The highest BCUT2D eigenvalue weighted by Crippen LogP contribution is 2.32. The SMILES string of the molecule is CC[C@]1(c2ccccc2)NC(=O)N(CC(=O)Nc2cccc(C)c2)C1=O. The number of carbonyl (C=O) groups is 3. The van der Waals surface area contributed by atoms with Crippen molar-refractivity contribution in [2.75, 3.05) is 11.9 Å². The number of anilines is 1. The molecule has 0 aliphatic carbocycles. The number of benzene rings is 2. The summed E-state index contributed by atoms with van der Waals surface area (Å²) in [5.41, 5.74) is 1.23. The highest BCUT2D eigenvalue weighted by atomic mass is 16.2. The van der Waals surface area contributed by atoms with Crippen LogP contribution in [0, 0.1) is 6.92 Å². The number of nitrogens with one attached hydrogen (secondary N) is 2. The highest BCUT2D eigenvalue weighted by molar-refractivity contribution is 6.10. The molecule has 1 aliphatic heterocycles. The maximum absolute atomic E-state index is 13.0. The zero-order chi connectivity index (χ0) is 18.7. The molecule has 0 unspecified atom stereocenters. The summed E-state index contributed by atoms with van der Waals surface area (Å²) in [6.07, 6.45) is 0.400. The van der Waals surface area contributed by atoms with Crippen LogP contribution in [0.3, 0.4) is 0 Å². The first-order valence-corrected chi connectivity index (χ1v) is 8.52. The molecule has 6 nitrogen and oxygen atoms in total. The molecule has 1 aliphatic rings. The zero-order valence-electron chi connectivity index (χ0n) is 14.8. The molecule has 0 aromatic heterocycles. The van der Waals surface area contributed by atoms with Gasteiger partial charge in [0.25, 0.3) is 5.91 Å². The minimum atomic E-state index is -1.12. The summed E-state index contributed by atoms with van der Waals surface area (Å²) in [5.74, 6) is -0.824. The number of rotatable bonds is 5. The van der Waals surface area contributed by atoms with Gasteiger partial charge in [-0.05, 0) is 36.6 Å². The maximum atomic E-state index is 13.0. The summed E-state index contributed by atoms with van der Waals surface area (Å²) in [6, 6.07) is 15.9. The van der Waals surface area contributed by atoms with Gasteiger partial charge in [0, 0.05) is 5.69 Å². The van der Waals surface area contributed by atoms with Gasteiger partial charge in [0.15, 0.2) is 0 Å². The van der Waals surface area contributed by atoms with Gasteiger partial charge < -0.3 is 10.6 Å². The largest absolute Gasteiger partial charge is 0.325 e. The van der Waals surface area contributed by atoms with Crippen LogP contribution in [0.2, 0.25) is 0 Å². The molecule has 1 heterocycles. The third-order valence-corrected chi connectivity index (χ3v) is 4.58. The molecule has 1 saturated heterocycles. The molecule has 0 bridgehead atoms. The Balaban J connectivity index is 1.77. The van der Waals surface area contributed by atoms with Gasteiger partial charge in [-0.2, -0.15) is 0 Å². The lowest BCUT2D eigenvalue weighted by atomic mass is 9.87. The lowest BCUT2D eigenvalue weighted by Gasteiger charge is -2.25. The van der Waals surface area contributed by atoms with Crippen LogP contribution in [-0.2, 0) is 15.1 Å². The van der Waals surface area contributed by atoms with Crippen molar-refractivity contribution in [1.82, 2.24) is 10.2 Å². The Kier molecular flexibility index (Phi) is 4.75. The molecule has 1 fully saturated rings. The molecule has 0 radical (unpaired) electrons. The molecule has 1 atom stereocenters. The van der Waals surface area contributed by atoms with Crippen molar-refractivity contribution in [2.24, 2.45) is 0 Å². The van der Waals surface area contributed by atoms with Gasteiger partial charge in [-0.1, -0.05) is 49.4 Å². The fourth-order valence-electron chi connectivity index (χ4n) is 3.20. The molecule has 4 amide bonds. The monoisotopic (exact) mass is 351 g/mol. The van der Waals surface area contributed by atoms with Gasteiger partial charge in [-0.15, -0.1) is 0 Å². The highest BCUT2D eigenvalue weighted by Gasteiger charge is 2.51. The Hall–Kier alpha value is -3.15. The maximum Gasteiger partial charge on any atom is 0.325 e. The van der Waals surface area contributed by atoms with Crippen molar-refractivity contribution < 1.29 is 14.4 Å².